The molecular weight excluding hydrogens is 214 g/mol. The normalized spacial score (nSPS) is 25.8. The number of nitrogens with zero attached hydrogens (tertiary/aromatic N) is 2. The summed E-state index contributed by atoms with van der Waals surface area (Å²) in [6.07, 6.45) is 0.343. The second-order valence-corrected chi connectivity index (χ2v) is 5.80. The third-order valence-electron chi connectivity index (χ3n) is 2.64. The van der Waals surface area contributed by atoms with E-state index in [0.29, 0.717) is 26.1 Å². The monoisotopic (exact) mass is 231 g/mol. The molecule has 0 radical (unpaired) electrons. The van der Waals surface area contributed by atoms with Crippen LogP contribution in [0.1, 0.15) is 20.3 Å². The molecule has 1 fully saturated rings. The predicted octanol–water partition coefficient (Wildman–Crippen LogP) is -0.0879. The van der Waals surface area contributed by atoms with Crippen molar-refractivity contribution in [3.8, 4) is 6.07 Å². The molecule has 0 aromatic heterocycles. The molecule has 15 heavy (non-hydrogen) atoms. The number of nitrogens with one attached hydrogen (secondary N) is 1. The van der Waals surface area contributed by atoms with Gasteiger partial charge in [-0.25, -0.2) is 8.42 Å². The van der Waals surface area contributed by atoms with Gasteiger partial charge in [0.05, 0.1) is 6.07 Å². The smallest absolute Gasteiger partial charge is 0.230 e. The van der Waals surface area contributed by atoms with Crippen molar-refractivity contribution in [1.29, 1.82) is 5.26 Å². The Morgan fingerprint density at radius 2 is 2.33 bits per heavy atom. The summed E-state index contributed by atoms with van der Waals surface area (Å²) < 4.78 is 25.5. The van der Waals surface area contributed by atoms with E-state index in [4.69, 9.17) is 5.26 Å². The first-order valence-electron chi connectivity index (χ1n) is 5.15. The summed E-state index contributed by atoms with van der Waals surface area (Å²) in [5, 5.41) is 11.0. The first-order valence-corrected chi connectivity index (χ1v) is 6.65. The standard InChI is InChI=1S/C9H17N3O2S/c1-3-9(6-10)15(13,14)12-5-4-11-7-8(12)2/h8-9,11H,3-5,7H2,1-2H3. The van der Waals surface area contributed by atoms with Gasteiger partial charge < -0.3 is 5.32 Å². The minimum absolute atomic E-state index is 0.0638. The number of sulfonamides is 1. The van der Waals surface area contributed by atoms with Gasteiger partial charge in [0.15, 0.2) is 5.25 Å². The third-order valence-corrected chi connectivity index (χ3v) is 5.00. The highest BCUT2D eigenvalue weighted by atomic mass is 32.2. The molecule has 1 rings (SSSR count). The minimum atomic E-state index is -3.44. The fourth-order valence-corrected chi connectivity index (χ4v) is 3.54. The van der Waals surface area contributed by atoms with Crippen molar-refractivity contribution in [1.82, 2.24) is 9.62 Å². The van der Waals surface area contributed by atoms with Crippen LogP contribution < -0.4 is 5.32 Å². The molecule has 0 aliphatic carbocycles. The Morgan fingerprint density at radius 1 is 1.67 bits per heavy atom. The fourth-order valence-electron chi connectivity index (χ4n) is 1.73. The molecule has 0 aromatic rings. The topological polar surface area (TPSA) is 73.2 Å². The molecule has 0 amide bonds. The van der Waals surface area contributed by atoms with Gasteiger partial charge in [-0.05, 0) is 13.3 Å². The Labute approximate surface area is 91.1 Å². The van der Waals surface area contributed by atoms with Gasteiger partial charge in [0.2, 0.25) is 10.0 Å². The Hall–Kier alpha value is -0.640. The quantitative estimate of drug-likeness (QED) is 0.737. The van der Waals surface area contributed by atoms with Gasteiger partial charge in [0.1, 0.15) is 0 Å². The van der Waals surface area contributed by atoms with Gasteiger partial charge >= 0.3 is 0 Å². The van der Waals surface area contributed by atoms with Crippen LogP contribution in [0.3, 0.4) is 0 Å². The number of piperazine rings is 1. The zero-order chi connectivity index (χ0) is 11.5. The fraction of sp³-hybridized carbons (Fsp3) is 0.889. The molecule has 1 aliphatic heterocycles. The van der Waals surface area contributed by atoms with Crippen LogP contribution in [0.25, 0.3) is 0 Å². The zero-order valence-corrected chi connectivity index (χ0v) is 9.92. The maximum absolute atomic E-state index is 12.0. The molecule has 0 spiro atoms. The van der Waals surface area contributed by atoms with Crippen LogP contribution in [0, 0.1) is 11.3 Å². The lowest BCUT2D eigenvalue weighted by Crippen LogP contribution is -2.54. The lowest BCUT2D eigenvalue weighted by molar-refractivity contribution is 0.282. The molecule has 5 nitrogen and oxygen atoms in total. The van der Waals surface area contributed by atoms with Crippen LogP contribution in [-0.4, -0.2) is 43.6 Å². The second kappa shape index (κ2) is 4.92. The first kappa shape index (κ1) is 12.4. The van der Waals surface area contributed by atoms with Crippen molar-refractivity contribution >= 4 is 10.0 Å². The molecule has 0 aromatic carbocycles. The van der Waals surface area contributed by atoms with E-state index < -0.39 is 15.3 Å². The van der Waals surface area contributed by atoms with Gasteiger partial charge in [-0.2, -0.15) is 9.57 Å². The van der Waals surface area contributed by atoms with Crippen LogP contribution in [0.5, 0.6) is 0 Å². The highest BCUT2D eigenvalue weighted by Crippen LogP contribution is 2.16. The molecule has 0 saturated carbocycles. The summed E-state index contributed by atoms with van der Waals surface area (Å²) >= 11 is 0. The van der Waals surface area contributed by atoms with Gasteiger partial charge in [0, 0.05) is 25.7 Å². The van der Waals surface area contributed by atoms with Crippen LogP contribution in [0.2, 0.25) is 0 Å². The van der Waals surface area contributed by atoms with Gasteiger partial charge in [0.25, 0.3) is 0 Å². The second-order valence-electron chi connectivity index (χ2n) is 3.73. The Kier molecular flexibility index (Phi) is 4.08. The van der Waals surface area contributed by atoms with Crippen LogP contribution in [0.4, 0.5) is 0 Å². The van der Waals surface area contributed by atoms with E-state index in [9.17, 15) is 8.42 Å². The molecule has 1 heterocycles. The van der Waals surface area contributed by atoms with Crippen LogP contribution >= 0.6 is 0 Å². The van der Waals surface area contributed by atoms with Crippen molar-refractivity contribution < 1.29 is 8.42 Å². The number of rotatable bonds is 3. The van der Waals surface area contributed by atoms with Crippen LogP contribution in [-0.2, 0) is 10.0 Å². The molecular formula is C9H17N3O2S. The van der Waals surface area contributed by atoms with E-state index in [2.05, 4.69) is 5.32 Å². The molecule has 2 atom stereocenters. The highest BCUT2D eigenvalue weighted by Gasteiger charge is 2.35. The lowest BCUT2D eigenvalue weighted by atomic mass is 10.3. The largest absolute Gasteiger partial charge is 0.314 e. The first-order chi connectivity index (χ1) is 7.04. The summed E-state index contributed by atoms with van der Waals surface area (Å²) in [4.78, 5) is 0. The van der Waals surface area contributed by atoms with E-state index in [0.717, 1.165) is 0 Å². The van der Waals surface area contributed by atoms with Crippen LogP contribution in [0.15, 0.2) is 0 Å². The van der Waals surface area contributed by atoms with Crippen molar-refractivity contribution in [2.45, 2.75) is 31.6 Å². The molecule has 1 saturated heterocycles. The van der Waals surface area contributed by atoms with Crippen molar-refractivity contribution in [3.63, 3.8) is 0 Å². The zero-order valence-electron chi connectivity index (χ0n) is 9.10. The van der Waals surface area contributed by atoms with E-state index in [1.807, 2.05) is 13.0 Å². The third kappa shape index (κ3) is 2.48. The van der Waals surface area contributed by atoms with E-state index in [-0.39, 0.29) is 6.04 Å². The van der Waals surface area contributed by atoms with Crippen molar-refractivity contribution in [2.24, 2.45) is 0 Å². The SMILES string of the molecule is CCC(C#N)S(=O)(=O)N1CCNCC1C. The Morgan fingerprint density at radius 3 is 2.80 bits per heavy atom. The molecule has 86 valence electrons. The van der Waals surface area contributed by atoms with E-state index in [1.165, 1.54) is 4.31 Å². The highest BCUT2D eigenvalue weighted by molar-refractivity contribution is 7.90. The lowest BCUT2D eigenvalue weighted by Gasteiger charge is -2.33. The summed E-state index contributed by atoms with van der Waals surface area (Å²) in [5.41, 5.74) is 0. The summed E-state index contributed by atoms with van der Waals surface area (Å²) in [7, 11) is -3.44. The minimum Gasteiger partial charge on any atom is -0.314 e. The average Bonchev–Trinajstić information content (AvgIpc) is 2.19. The Bertz CT molecular complexity index is 347. The molecule has 1 aliphatic rings. The van der Waals surface area contributed by atoms with Gasteiger partial charge in [-0.1, -0.05) is 6.92 Å². The molecule has 2 unspecified atom stereocenters. The molecule has 0 bridgehead atoms. The maximum Gasteiger partial charge on any atom is 0.230 e. The summed E-state index contributed by atoms with van der Waals surface area (Å²) in [6, 6.07) is 1.80. The summed E-state index contributed by atoms with van der Waals surface area (Å²) in [5.74, 6) is 0. The van der Waals surface area contributed by atoms with E-state index in [1.54, 1.807) is 6.92 Å². The van der Waals surface area contributed by atoms with Crippen molar-refractivity contribution in [3.05, 3.63) is 0 Å². The predicted molar refractivity (Wildman–Crippen MR) is 57.6 cm³/mol. The number of nitriles is 1. The molecule has 6 heteroatoms. The Balaban J connectivity index is 2.89. The number of hydrogen-bond donors (Lipinski definition) is 1. The van der Waals surface area contributed by atoms with E-state index >= 15 is 0 Å². The molecule has 1 N–H and O–H groups in total. The number of hydrogen-bond acceptors (Lipinski definition) is 4. The average molecular weight is 231 g/mol. The van der Waals surface area contributed by atoms with Gasteiger partial charge in [-0.3, -0.25) is 0 Å². The van der Waals surface area contributed by atoms with Crippen molar-refractivity contribution in [2.75, 3.05) is 19.6 Å². The maximum atomic E-state index is 12.0. The van der Waals surface area contributed by atoms with Gasteiger partial charge in [-0.15, -0.1) is 0 Å². The summed E-state index contributed by atoms with van der Waals surface area (Å²) in [6.45, 7) is 5.35.